The highest BCUT2D eigenvalue weighted by atomic mass is 19.4. The highest BCUT2D eigenvalue weighted by Crippen LogP contribution is 2.37. The number of hydrogen-bond acceptors (Lipinski definition) is 5. The second-order valence-electron chi connectivity index (χ2n) is 10.7. The van der Waals surface area contributed by atoms with Gasteiger partial charge in [0.25, 0.3) is 0 Å². The minimum absolute atomic E-state index is 0.0153. The van der Waals surface area contributed by atoms with E-state index in [0.29, 0.717) is 17.2 Å². The lowest BCUT2D eigenvalue weighted by Crippen LogP contribution is -2.54. The third-order valence-electron chi connectivity index (χ3n) is 7.41. The first-order chi connectivity index (χ1) is 20.5. The molecule has 222 valence electrons. The van der Waals surface area contributed by atoms with Gasteiger partial charge in [-0.3, -0.25) is 9.59 Å². The molecule has 0 radical (unpaired) electrons. The Hall–Kier alpha value is -4.93. The van der Waals surface area contributed by atoms with Crippen LogP contribution in [0, 0.1) is 12.8 Å². The van der Waals surface area contributed by atoms with Gasteiger partial charge in [-0.25, -0.2) is 9.67 Å². The number of aromatic nitrogens is 3. The lowest BCUT2D eigenvalue weighted by molar-refractivity contribution is -0.142. The number of aryl methyl sites for hydroxylation is 1. The minimum Gasteiger partial charge on any atom is -0.457 e. The molecule has 2 amide bonds. The van der Waals surface area contributed by atoms with E-state index in [1.165, 1.54) is 46.5 Å². The van der Waals surface area contributed by atoms with E-state index in [0.717, 1.165) is 11.6 Å². The Kier molecular flexibility index (Phi) is 8.33. The van der Waals surface area contributed by atoms with Crippen molar-refractivity contribution in [3.63, 3.8) is 0 Å². The molecule has 0 aliphatic carbocycles. The fourth-order valence-electron chi connectivity index (χ4n) is 5.14. The molecule has 8 nitrogen and oxygen atoms in total. The van der Waals surface area contributed by atoms with Crippen LogP contribution in [0.1, 0.15) is 30.0 Å². The third-order valence-corrected chi connectivity index (χ3v) is 7.41. The van der Waals surface area contributed by atoms with Gasteiger partial charge >= 0.3 is 6.18 Å². The molecule has 1 aromatic heterocycles. The summed E-state index contributed by atoms with van der Waals surface area (Å²) in [6.45, 7) is 3.65. The number of nitrogens with zero attached hydrogens (tertiary/aromatic N) is 4. The number of hydrogen-bond donors (Lipinski definition) is 1. The molecule has 1 fully saturated rings. The average Bonchev–Trinajstić information content (AvgIpc) is 3.62. The zero-order valence-electron chi connectivity index (χ0n) is 23.6. The normalized spacial score (nSPS) is 18.6. The van der Waals surface area contributed by atoms with Gasteiger partial charge in [0.2, 0.25) is 11.8 Å². The predicted octanol–water partition coefficient (Wildman–Crippen LogP) is 6.36. The topological polar surface area (TPSA) is 89.4 Å². The first-order valence-electron chi connectivity index (χ1n) is 13.6. The lowest BCUT2D eigenvalue weighted by Gasteiger charge is -2.33. The van der Waals surface area contributed by atoms with Crippen LogP contribution >= 0.6 is 0 Å². The number of amides is 2. The highest BCUT2D eigenvalue weighted by molar-refractivity contribution is 6.00. The summed E-state index contributed by atoms with van der Waals surface area (Å²) in [6.07, 6.45) is 1.45. The van der Waals surface area contributed by atoms with Crippen LogP contribution in [0.25, 0.3) is 6.08 Å². The van der Waals surface area contributed by atoms with Crippen molar-refractivity contribution in [3.8, 4) is 11.5 Å². The van der Waals surface area contributed by atoms with Crippen molar-refractivity contribution in [2.24, 2.45) is 5.92 Å². The standard InChI is InChI=1S/C32H30F3N5O3/c1-22-7-13-26(14-8-22)43-27-15-11-25(12-16-27)38-30(42)31(2)17-23(18-40(31)29(41)19-39-21-36-20-37-39)9-10-24-5-3-4-6-28(24)32(33,34)35/h3-16,20-21,23H,17-19H2,1-2H3,(H,38,42)/b10-9+. The van der Waals surface area contributed by atoms with Crippen LogP contribution in [0.5, 0.6) is 11.5 Å². The average molecular weight is 590 g/mol. The number of likely N-dealkylation sites (tertiary alicyclic amines) is 1. The first-order valence-corrected chi connectivity index (χ1v) is 13.6. The Morgan fingerprint density at radius 3 is 2.37 bits per heavy atom. The van der Waals surface area contributed by atoms with Crippen molar-refractivity contribution in [1.82, 2.24) is 19.7 Å². The molecule has 2 atom stereocenters. The van der Waals surface area contributed by atoms with Crippen LogP contribution in [-0.4, -0.2) is 43.6 Å². The number of halogens is 3. The molecule has 0 spiro atoms. The monoisotopic (exact) mass is 589 g/mol. The second-order valence-corrected chi connectivity index (χ2v) is 10.7. The molecule has 3 aromatic carbocycles. The van der Waals surface area contributed by atoms with Gasteiger partial charge in [-0.05, 0) is 74.2 Å². The largest absolute Gasteiger partial charge is 0.457 e. The van der Waals surface area contributed by atoms with Gasteiger partial charge in [-0.1, -0.05) is 48.0 Å². The van der Waals surface area contributed by atoms with Crippen molar-refractivity contribution in [2.45, 2.75) is 38.5 Å². The molecule has 4 aromatic rings. The summed E-state index contributed by atoms with van der Waals surface area (Å²) in [4.78, 5) is 32.4. The molecule has 11 heteroatoms. The Bertz CT molecular complexity index is 1600. The molecule has 2 heterocycles. The SMILES string of the molecule is Cc1ccc(Oc2ccc(NC(=O)C3(C)CC(/C=C/c4ccccc4C(F)(F)F)CN3C(=O)Cn3cncn3)cc2)cc1. The van der Waals surface area contributed by atoms with Crippen LogP contribution in [0.15, 0.2) is 91.5 Å². The lowest BCUT2D eigenvalue weighted by atomic mass is 9.92. The summed E-state index contributed by atoms with van der Waals surface area (Å²) in [5.41, 5.74) is -0.402. The van der Waals surface area contributed by atoms with Crippen molar-refractivity contribution in [2.75, 3.05) is 11.9 Å². The molecule has 2 unspecified atom stereocenters. The Balaban J connectivity index is 1.34. The van der Waals surface area contributed by atoms with Crippen LogP contribution < -0.4 is 10.1 Å². The molecule has 1 N–H and O–H groups in total. The van der Waals surface area contributed by atoms with E-state index in [9.17, 15) is 22.8 Å². The van der Waals surface area contributed by atoms with Crippen molar-refractivity contribution in [1.29, 1.82) is 0 Å². The zero-order valence-corrected chi connectivity index (χ0v) is 23.6. The van der Waals surface area contributed by atoms with Crippen molar-refractivity contribution < 1.29 is 27.5 Å². The molecule has 1 aliphatic rings. The molecule has 1 aliphatic heterocycles. The predicted molar refractivity (Wildman–Crippen MR) is 155 cm³/mol. The van der Waals surface area contributed by atoms with Crippen LogP contribution in [0.4, 0.5) is 18.9 Å². The van der Waals surface area contributed by atoms with Gasteiger partial charge in [0.05, 0.1) is 5.56 Å². The first kappa shape index (κ1) is 29.6. The van der Waals surface area contributed by atoms with Crippen LogP contribution in [0.3, 0.4) is 0 Å². The van der Waals surface area contributed by atoms with E-state index >= 15 is 0 Å². The number of carbonyl (C=O) groups is 2. The minimum atomic E-state index is -4.51. The highest BCUT2D eigenvalue weighted by Gasteiger charge is 2.49. The summed E-state index contributed by atoms with van der Waals surface area (Å²) in [7, 11) is 0. The van der Waals surface area contributed by atoms with Gasteiger partial charge in [-0.2, -0.15) is 18.3 Å². The van der Waals surface area contributed by atoms with Gasteiger partial charge in [0.15, 0.2) is 0 Å². The quantitative estimate of drug-likeness (QED) is 0.259. The van der Waals surface area contributed by atoms with E-state index < -0.39 is 23.2 Å². The molecule has 5 rings (SSSR count). The smallest absolute Gasteiger partial charge is 0.416 e. The number of benzene rings is 3. The summed E-state index contributed by atoms with van der Waals surface area (Å²) >= 11 is 0. The summed E-state index contributed by atoms with van der Waals surface area (Å²) in [5, 5.41) is 6.88. The summed E-state index contributed by atoms with van der Waals surface area (Å²) in [6, 6.07) is 19.8. The van der Waals surface area contributed by atoms with Gasteiger partial charge < -0.3 is 15.0 Å². The molecular formula is C32H30F3N5O3. The number of anilines is 1. The molecule has 1 saturated heterocycles. The summed E-state index contributed by atoms with van der Waals surface area (Å²) < 4.78 is 47.8. The maximum absolute atomic E-state index is 13.7. The van der Waals surface area contributed by atoms with Crippen LogP contribution in [-0.2, 0) is 22.3 Å². The maximum Gasteiger partial charge on any atom is 0.416 e. The molecule has 43 heavy (non-hydrogen) atoms. The molecule has 0 bridgehead atoms. The fraction of sp³-hybridized carbons (Fsp3) is 0.250. The second kappa shape index (κ2) is 12.1. The number of carbonyl (C=O) groups excluding carboxylic acids is 2. The van der Waals surface area contributed by atoms with Crippen LogP contribution in [0.2, 0.25) is 0 Å². The van der Waals surface area contributed by atoms with E-state index in [4.69, 9.17) is 4.74 Å². The van der Waals surface area contributed by atoms with E-state index in [1.807, 2.05) is 31.2 Å². The van der Waals surface area contributed by atoms with Crippen molar-refractivity contribution >= 4 is 23.6 Å². The van der Waals surface area contributed by atoms with Gasteiger partial charge in [0, 0.05) is 12.2 Å². The van der Waals surface area contributed by atoms with Gasteiger partial charge in [-0.15, -0.1) is 0 Å². The van der Waals surface area contributed by atoms with Crippen molar-refractivity contribution in [3.05, 3.63) is 108 Å². The molecule has 0 saturated carbocycles. The van der Waals surface area contributed by atoms with E-state index in [1.54, 1.807) is 37.3 Å². The van der Waals surface area contributed by atoms with E-state index in [-0.39, 0.29) is 36.9 Å². The number of nitrogens with one attached hydrogen (secondary N) is 1. The number of ether oxygens (including phenoxy) is 1. The zero-order chi connectivity index (χ0) is 30.6. The molecular weight excluding hydrogens is 559 g/mol. The Labute approximate surface area is 246 Å². The van der Waals surface area contributed by atoms with Gasteiger partial charge in [0.1, 0.15) is 36.2 Å². The number of alkyl halides is 3. The third kappa shape index (κ3) is 6.94. The number of rotatable bonds is 8. The summed E-state index contributed by atoms with van der Waals surface area (Å²) in [5.74, 6) is 0.110. The fourth-order valence-corrected chi connectivity index (χ4v) is 5.14. The Morgan fingerprint density at radius 1 is 1.05 bits per heavy atom. The van der Waals surface area contributed by atoms with E-state index in [2.05, 4.69) is 15.4 Å². The maximum atomic E-state index is 13.7. The Morgan fingerprint density at radius 2 is 1.72 bits per heavy atom.